The summed E-state index contributed by atoms with van der Waals surface area (Å²) in [4.78, 5) is 11.3. The van der Waals surface area contributed by atoms with Crippen LogP contribution in [0.5, 0.6) is 0 Å². The topological polar surface area (TPSA) is 46.5 Å². The zero-order valence-electron chi connectivity index (χ0n) is 10.3. The summed E-state index contributed by atoms with van der Waals surface area (Å²) in [7, 11) is 0. The first kappa shape index (κ1) is 14.4. The van der Waals surface area contributed by atoms with Crippen LogP contribution in [0, 0.1) is 5.92 Å². The first-order valence-electron chi connectivity index (χ1n) is 5.89. The number of hydrogen-bond donors (Lipinski definition) is 1. The van der Waals surface area contributed by atoms with E-state index in [1.807, 2.05) is 27.7 Å². The molecule has 1 N–H and O–H groups in total. The van der Waals surface area contributed by atoms with Crippen molar-refractivity contribution < 1.29 is 14.6 Å². The highest BCUT2D eigenvalue weighted by molar-refractivity contribution is 5.71. The van der Waals surface area contributed by atoms with Crippen molar-refractivity contribution in [3.8, 4) is 0 Å². The van der Waals surface area contributed by atoms with Crippen LogP contribution in [0.2, 0.25) is 0 Å². The third-order valence-electron chi connectivity index (χ3n) is 2.37. The molecule has 0 bridgehead atoms. The van der Waals surface area contributed by atoms with E-state index < -0.39 is 0 Å². The summed E-state index contributed by atoms with van der Waals surface area (Å²) in [5.41, 5.74) is 0. The maximum Gasteiger partial charge on any atom is 0.308 e. The molecule has 2 unspecified atom stereocenters. The summed E-state index contributed by atoms with van der Waals surface area (Å²) in [6, 6.07) is 0. The van der Waals surface area contributed by atoms with Crippen LogP contribution in [-0.2, 0) is 9.53 Å². The summed E-state index contributed by atoms with van der Waals surface area (Å²) in [5, 5.41) is 9.61. The Morgan fingerprint density at radius 3 is 2.33 bits per heavy atom. The molecule has 0 aromatic rings. The number of carbonyl (C=O) groups excluding carboxylic acids is 1. The van der Waals surface area contributed by atoms with Crippen LogP contribution in [0.4, 0.5) is 0 Å². The molecule has 0 aliphatic rings. The average Bonchev–Trinajstić information content (AvgIpc) is 2.16. The predicted octanol–water partition coefficient (Wildman–Crippen LogP) is 2.52. The molecule has 0 aromatic heterocycles. The molecule has 3 heteroatoms. The van der Waals surface area contributed by atoms with Gasteiger partial charge >= 0.3 is 5.97 Å². The third kappa shape index (κ3) is 6.50. The van der Waals surface area contributed by atoms with E-state index in [1.165, 1.54) is 0 Å². The Bertz CT molecular complexity index is 178. The van der Waals surface area contributed by atoms with Gasteiger partial charge in [-0.2, -0.15) is 0 Å². The minimum atomic E-state index is -0.347. The SMILES string of the molecule is CCCC(O)CC(CC)OC(=O)C(C)C. The van der Waals surface area contributed by atoms with Gasteiger partial charge in [-0.05, 0) is 12.8 Å². The number of rotatable bonds is 7. The van der Waals surface area contributed by atoms with E-state index in [9.17, 15) is 9.90 Å². The quantitative estimate of drug-likeness (QED) is 0.665. The van der Waals surface area contributed by atoms with Crippen molar-refractivity contribution in [3.05, 3.63) is 0 Å². The fourth-order valence-electron chi connectivity index (χ4n) is 1.35. The lowest BCUT2D eigenvalue weighted by atomic mass is 10.1. The van der Waals surface area contributed by atoms with Crippen molar-refractivity contribution in [2.75, 3.05) is 0 Å². The second-order valence-electron chi connectivity index (χ2n) is 4.30. The number of hydrogen-bond acceptors (Lipinski definition) is 3. The third-order valence-corrected chi connectivity index (χ3v) is 2.37. The molecular weight excluding hydrogens is 192 g/mol. The van der Waals surface area contributed by atoms with Gasteiger partial charge in [0.15, 0.2) is 0 Å². The number of ether oxygens (including phenoxy) is 1. The Balaban J connectivity index is 3.97. The van der Waals surface area contributed by atoms with E-state index in [2.05, 4.69) is 0 Å². The van der Waals surface area contributed by atoms with Gasteiger partial charge in [0.05, 0.1) is 12.0 Å². The molecule has 0 radical (unpaired) electrons. The molecule has 0 saturated carbocycles. The molecule has 15 heavy (non-hydrogen) atoms. The molecule has 0 saturated heterocycles. The summed E-state index contributed by atoms with van der Waals surface area (Å²) in [6.45, 7) is 7.64. The number of aliphatic hydroxyl groups excluding tert-OH is 1. The molecule has 0 heterocycles. The molecule has 3 nitrogen and oxygen atoms in total. The summed E-state index contributed by atoms with van der Waals surface area (Å²) < 4.78 is 5.28. The van der Waals surface area contributed by atoms with Gasteiger partial charge in [0, 0.05) is 6.42 Å². The van der Waals surface area contributed by atoms with Gasteiger partial charge in [0.2, 0.25) is 0 Å². The molecule has 0 aliphatic heterocycles. The normalized spacial score (nSPS) is 15.1. The molecule has 0 rings (SSSR count). The lowest BCUT2D eigenvalue weighted by molar-refractivity contribution is -0.154. The van der Waals surface area contributed by atoms with E-state index in [1.54, 1.807) is 0 Å². The van der Waals surface area contributed by atoms with Crippen LogP contribution in [0.15, 0.2) is 0 Å². The Kier molecular flexibility index (Phi) is 7.39. The Labute approximate surface area is 92.8 Å². The minimum Gasteiger partial charge on any atom is -0.462 e. The standard InChI is InChI=1S/C12H24O3/c1-5-7-10(13)8-11(6-2)15-12(14)9(3)4/h9-11,13H,5-8H2,1-4H3. The van der Waals surface area contributed by atoms with Crippen LogP contribution in [0.1, 0.15) is 53.4 Å². The molecule has 0 aromatic carbocycles. The van der Waals surface area contributed by atoms with E-state index >= 15 is 0 Å². The molecule has 0 aliphatic carbocycles. The highest BCUT2D eigenvalue weighted by atomic mass is 16.5. The first-order chi connectivity index (χ1) is 7.01. The Morgan fingerprint density at radius 2 is 1.93 bits per heavy atom. The molecule has 0 amide bonds. The highest BCUT2D eigenvalue weighted by Gasteiger charge is 2.18. The van der Waals surface area contributed by atoms with Crippen LogP contribution in [0.25, 0.3) is 0 Å². The van der Waals surface area contributed by atoms with E-state index in [-0.39, 0.29) is 24.1 Å². The maximum absolute atomic E-state index is 11.3. The highest BCUT2D eigenvalue weighted by Crippen LogP contribution is 2.12. The smallest absolute Gasteiger partial charge is 0.308 e. The fraction of sp³-hybridized carbons (Fsp3) is 0.917. The lowest BCUT2D eigenvalue weighted by Crippen LogP contribution is -2.25. The van der Waals surface area contributed by atoms with Crippen LogP contribution < -0.4 is 0 Å². The van der Waals surface area contributed by atoms with Gasteiger partial charge < -0.3 is 9.84 Å². The second kappa shape index (κ2) is 7.69. The van der Waals surface area contributed by atoms with Crippen molar-refractivity contribution in [2.24, 2.45) is 5.92 Å². The van der Waals surface area contributed by atoms with Gasteiger partial charge in [0.25, 0.3) is 0 Å². The predicted molar refractivity (Wildman–Crippen MR) is 60.5 cm³/mol. The Hall–Kier alpha value is -0.570. The average molecular weight is 216 g/mol. The first-order valence-corrected chi connectivity index (χ1v) is 5.89. The molecule has 2 atom stereocenters. The van der Waals surface area contributed by atoms with Gasteiger partial charge in [-0.25, -0.2) is 0 Å². The monoisotopic (exact) mass is 216 g/mol. The number of aliphatic hydroxyl groups is 1. The zero-order chi connectivity index (χ0) is 11.8. The molecule has 0 spiro atoms. The molecule has 0 fully saturated rings. The van der Waals surface area contributed by atoms with Crippen molar-refractivity contribution in [2.45, 2.75) is 65.6 Å². The lowest BCUT2D eigenvalue weighted by Gasteiger charge is -2.20. The zero-order valence-corrected chi connectivity index (χ0v) is 10.3. The molecule has 90 valence electrons. The summed E-state index contributed by atoms with van der Waals surface area (Å²) >= 11 is 0. The van der Waals surface area contributed by atoms with Gasteiger partial charge in [-0.1, -0.05) is 34.1 Å². The number of carbonyl (C=O) groups is 1. The Morgan fingerprint density at radius 1 is 1.33 bits per heavy atom. The second-order valence-corrected chi connectivity index (χ2v) is 4.30. The van der Waals surface area contributed by atoms with Crippen molar-refractivity contribution in [1.82, 2.24) is 0 Å². The van der Waals surface area contributed by atoms with Crippen molar-refractivity contribution >= 4 is 5.97 Å². The van der Waals surface area contributed by atoms with Crippen LogP contribution in [0.3, 0.4) is 0 Å². The van der Waals surface area contributed by atoms with Crippen molar-refractivity contribution in [1.29, 1.82) is 0 Å². The minimum absolute atomic E-state index is 0.0950. The largest absolute Gasteiger partial charge is 0.462 e. The van der Waals surface area contributed by atoms with Gasteiger partial charge in [0.1, 0.15) is 6.10 Å². The van der Waals surface area contributed by atoms with Crippen LogP contribution in [-0.4, -0.2) is 23.3 Å². The summed E-state index contributed by atoms with van der Waals surface area (Å²) in [5.74, 6) is -0.270. The van der Waals surface area contributed by atoms with E-state index in [0.29, 0.717) is 6.42 Å². The van der Waals surface area contributed by atoms with E-state index in [0.717, 1.165) is 19.3 Å². The van der Waals surface area contributed by atoms with E-state index in [4.69, 9.17) is 4.74 Å². The fourth-order valence-corrected chi connectivity index (χ4v) is 1.35. The van der Waals surface area contributed by atoms with Crippen molar-refractivity contribution in [3.63, 3.8) is 0 Å². The summed E-state index contributed by atoms with van der Waals surface area (Å²) in [6.07, 6.45) is 2.56. The number of esters is 1. The van der Waals surface area contributed by atoms with Crippen LogP contribution >= 0.6 is 0 Å². The van der Waals surface area contributed by atoms with Gasteiger partial charge in [-0.3, -0.25) is 4.79 Å². The maximum atomic E-state index is 11.3. The van der Waals surface area contributed by atoms with Gasteiger partial charge in [-0.15, -0.1) is 0 Å². The molecular formula is C12H24O3.